The van der Waals surface area contributed by atoms with Crippen molar-refractivity contribution in [3.63, 3.8) is 0 Å². The normalized spacial score (nSPS) is 23.3. The van der Waals surface area contributed by atoms with Gasteiger partial charge in [0, 0.05) is 13.0 Å². The van der Waals surface area contributed by atoms with Crippen LogP contribution in [0.2, 0.25) is 0 Å². The zero-order valence-corrected chi connectivity index (χ0v) is 17.0. The molecular weight excluding hydrogens is 358 g/mol. The summed E-state index contributed by atoms with van der Waals surface area (Å²) in [5.74, 6) is -0.662. The fourth-order valence-electron chi connectivity index (χ4n) is 3.40. The second-order valence-electron chi connectivity index (χ2n) is 8.29. The van der Waals surface area contributed by atoms with E-state index in [1.165, 1.54) is 0 Å². The first kappa shape index (κ1) is 20.3. The van der Waals surface area contributed by atoms with Gasteiger partial charge in [-0.3, -0.25) is 9.80 Å². The van der Waals surface area contributed by atoms with Crippen molar-refractivity contribution >= 4 is 23.3 Å². The van der Waals surface area contributed by atoms with Crippen molar-refractivity contribution in [1.82, 2.24) is 5.32 Å². The van der Waals surface area contributed by atoms with Crippen LogP contribution in [0, 0.1) is 0 Å². The van der Waals surface area contributed by atoms with Crippen molar-refractivity contribution in [2.24, 2.45) is 5.10 Å². The van der Waals surface area contributed by atoms with Gasteiger partial charge in [0.2, 0.25) is 0 Å². The Hall–Kier alpha value is -2.41. The van der Waals surface area contributed by atoms with Crippen LogP contribution in [0.3, 0.4) is 0 Å². The highest BCUT2D eigenvalue weighted by Gasteiger charge is 2.39. The van der Waals surface area contributed by atoms with Gasteiger partial charge < -0.3 is 14.8 Å². The lowest BCUT2D eigenvalue weighted by atomic mass is 10.1. The molecule has 2 aliphatic heterocycles. The molecule has 7 nitrogen and oxygen atoms in total. The first-order valence-electron chi connectivity index (χ1n) is 9.82. The highest BCUT2D eigenvalue weighted by Crippen LogP contribution is 2.27. The number of ether oxygens (including phenoxy) is 2. The summed E-state index contributed by atoms with van der Waals surface area (Å²) in [5, 5.41) is 9.02. The highest BCUT2D eigenvalue weighted by molar-refractivity contribution is 6.40. The molecule has 1 aromatic carbocycles. The maximum atomic E-state index is 12.8. The molecule has 0 unspecified atom stereocenters. The van der Waals surface area contributed by atoms with Crippen LogP contribution >= 0.6 is 0 Å². The lowest BCUT2D eigenvalue weighted by Gasteiger charge is -2.26. The standard InChI is InChI=1S/C21H29N3O4/c1-14(18-11-8-12-27-18)22-19(25)16-13-17(20(26)28-21(2,3)4)24(23-16)15-9-6-5-7-10-15/h5-7,9-10,14,17-18H,8,11-13H2,1-4H3,(H,22,25)/t14-,17-,18-/m0/s1. The molecule has 7 heteroatoms. The zero-order chi connectivity index (χ0) is 20.3. The number of amides is 1. The number of carbonyl (C=O) groups excluding carboxylic acids is 2. The van der Waals surface area contributed by atoms with Gasteiger partial charge in [0.15, 0.2) is 6.04 Å². The van der Waals surface area contributed by atoms with Crippen LogP contribution in [-0.4, -0.2) is 48.0 Å². The molecule has 2 aliphatic rings. The van der Waals surface area contributed by atoms with Crippen LogP contribution in [-0.2, 0) is 19.1 Å². The second-order valence-corrected chi connectivity index (χ2v) is 8.29. The molecule has 1 amide bonds. The van der Waals surface area contributed by atoms with E-state index in [9.17, 15) is 9.59 Å². The molecule has 0 aromatic heterocycles. The van der Waals surface area contributed by atoms with Crippen molar-refractivity contribution in [1.29, 1.82) is 0 Å². The quantitative estimate of drug-likeness (QED) is 0.786. The summed E-state index contributed by atoms with van der Waals surface area (Å²) >= 11 is 0. The van der Waals surface area contributed by atoms with Gasteiger partial charge >= 0.3 is 5.97 Å². The molecule has 2 heterocycles. The number of nitrogens with one attached hydrogen (secondary N) is 1. The van der Waals surface area contributed by atoms with Crippen molar-refractivity contribution in [3.8, 4) is 0 Å². The summed E-state index contributed by atoms with van der Waals surface area (Å²) in [4.78, 5) is 25.5. The molecule has 0 aliphatic carbocycles. The predicted molar refractivity (Wildman–Crippen MR) is 107 cm³/mol. The molecule has 1 saturated heterocycles. The number of rotatable bonds is 5. The minimum absolute atomic E-state index is 0.0258. The Labute approximate surface area is 166 Å². The number of hydrogen-bond donors (Lipinski definition) is 1. The number of carbonyl (C=O) groups is 2. The molecular formula is C21H29N3O4. The molecule has 0 radical (unpaired) electrons. The molecule has 152 valence electrons. The monoisotopic (exact) mass is 387 g/mol. The van der Waals surface area contributed by atoms with E-state index in [0.29, 0.717) is 5.71 Å². The number of para-hydroxylation sites is 1. The fourth-order valence-corrected chi connectivity index (χ4v) is 3.40. The summed E-state index contributed by atoms with van der Waals surface area (Å²) in [7, 11) is 0. The van der Waals surface area contributed by atoms with Gasteiger partial charge in [0.05, 0.1) is 17.8 Å². The maximum Gasteiger partial charge on any atom is 0.331 e. The van der Waals surface area contributed by atoms with Gasteiger partial charge in [-0.15, -0.1) is 0 Å². The minimum atomic E-state index is -0.666. The van der Waals surface area contributed by atoms with E-state index < -0.39 is 17.6 Å². The number of esters is 1. The summed E-state index contributed by atoms with van der Waals surface area (Å²) in [6.07, 6.45) is 2.17. The van der Waals surface area contributed by atoms with Crippen molar-refractivity contribution < 1.29 is 19.1 Å². The van der Waals surface area contributed by atoms with Gasteiger partial charge in [-0.25, -0.2) is 4.79 Å². The molecule has 3 rings (SSSR count). The molecule has 0 spiro atoms. The molecule has 0 bridgehead atoms. The number of anilines is 1. The van der Waals surface area contributed by atoms with Crippen LogP contribution in [0.1, 0.15) is 47.0 Å². The Balaban J connectivity index is 1.76. The third kappa shape index (κ3) is 4.90. The zero-order valence-electron chi connectivity index (χ0n) is 17.0. The van der Waals surface area contributed by atoms with E-state index in [-0.39, 0.29) is 24.5 Å². The molecule has 1 aromatic rings. The fraction of sp³-hybridized carbons (Fsp3) is 0.571. The van der Waals surface area contributed by atoms with Crippen LogP contribution in [0.5, 0.6) is 0 Å². The van der Waals surface area contributed by atoms with E-state index in [1.807, 2.05) is 58.0 Å². The van der Waals surface area contributed by atoms with Gasteiger partial charge in [0.1, 0.15) is 11.3 Å². The van der Waals surface area contributed by atoms with E-state index in [0.717, 1.165) is 25.1 Å². The first-order chi connectivity index (χ1) is 13.2. The summed E-state index contributed by atoms with van der Waals surface area (Å²) < 4.78 is 11.2. The van der Waals surface area contributed by atoms with Crippen molar-refractivity contribution in [3.05, 3.63) is 30.3 Å². The highest BCUT2D eigenvalue weighted by atomic mass is 16.6. The van der Waals surface area contributed by atoms with Crippen LogP contribution in [0.25, 0.3) is 0 Å². The number of nitrogens with zero attached hydrogens (tertiary/aromatic N) is 2. The Bertz CT molecular complexity index is 736. The lowest BCUT2D eigenvalue weighted by molar-refractivity contribution is -0.156. The molecule has 0 saturated carbocycles. The summed E-state index contributed by atoms with van der Waals surface area (Å²) in [5.41, 5.74) is 0.455. The third-order valence-corrected chi connectivity index (χ3v) is 4.75. The van der Waals surface area contributed by atoms with Crippen molar-refractivity contribution in [2.75, 3.05) is 11.6 Å². The second kappa shape index (κ2) is 8.31. The Kier molecular flexibility index (Phi) is 6.03. The van der Waals surface area contributed by atoms with E-state index in [2.05, 4.69) is 10.4 Å². The summed E-state index contributed by atoms with van der Waals surface area (Å²) in [6, 6.07) is 8.57. The SMILES string of the molecule is C[C@H](NC(=O)C1=NN(c2ccccc2)[C@H](C(=O)OC(C)(C)C)C1)[C@@H]1CCCO1. The van der Waals surface area contributed by atoms with Gasteiger partial charge in [0.25, 0.3) is 5.91 Å². The maximum absolute atomic E-state index is 12.8. The number of benzene rings is 1. The van der Waals surface area contributed by atoms with E-state index in [1.54, 1.807) is 5.01 Å². The Morgan fingerprint density at radius 1 is 1.29 bits per heavy atom. The van der Waals surface area contributed by atoms with Crippen LogP contribution in [0.15, 0.2) is 35.4 Å². The van der Waals surface area contributed by atoms with Gasteiger partial charge in [-0.2, -0.15) is 5.10 Å². The van der Waals surface area contributed by atoms with Gasteiger partial charge in [-0.05, 0) is 52.7 Å². The average molecular weight is 387 g/mol. The predicted octanol–water partition coefficient (Wildman–Crippen LogP) is 2.65. The molecule has 28 heavy (non-hydrogen) atoms. The smallest absolute Gasteiger partial charge is 0.331 e. The Morgan fingerprint density at radius 2 is 2.00 bits per heavy atom. The molecule has 1 N–H and O–H groups in total. The molecule has 3 atom stereocenters. The van der Waals surface area contributed by atoms with E-state index in [4.69, 9.17) is 9.47 Å². The first-order valence-corrected chi connectivity index (χ1v) is 9.82. The van der Waals surface area contributed by atoms with Crippen molar-refractivity contribution in [2.45, 2.75) is 70.7 Å². The molecule has 1 fully saturated rings. The average Bonchev–Trinajstić information content (AvgIpc) is 3.31. The van der Waals surface area contributed by atoms with Crippen LogP contribution in [0.4, 0.5) is 5.69 Å². The van der Waals surface area contributed by atoms with Gasteiger partial charge in [-0.1, -0.05) is 18.2 Å². The summed E-state index contributed by atoms with van der Waals surface area (Å²) in [6.45, 7) is 8.14. The van der Waals surface area contributed by atoms with Crippen LogP contribution < -0.4 is 10.3 Å². The van der Waals surface area contributed by atoms with E-state index >= 15 is 0 Å². The largest absolute Gasteiger partial charge is 0.458 e. The minimum Gasteiger partial charge on any atom is -0.458 e. The number of hydrogen-bond acceptors (Lipinski definition) is 6. The Morgan fingerprint density at radius 3 is 2.61 bits per heavy atom. The lowest BCUT2D eigenvalue weighted by Crippen LogP contribution is -2.44. The number of hydrazone groups is 1. The topological polar surface area (TPSA) is 80.2 Å². The third-order valence-electron chi connectivity index (χ3n) is 4.75.